The number of nitrogens with zero attached hydrogens (tertiary/aromatic N) is 3. The van der Waals surface area contributed by atoms with Crippen molar-refractivity contribution in [1.29, 1.82) is 0 Å². The molecule has 1 aliphatic heterocycles. The van der Waals surface area contributed by atoms with Gasteiger partial charge in [-0.1, -0.05) is 0 Å². The van der Waals surface area contributed by atoms with Crippen LogP contribution in [0.1, 0.15) is 12.8 Å². The summed E-state index contributed by atoms with van der Waals surface area (Å²) in [7, 11) is -0.0272. The van der Waals surface area contributed by atoms with E-state index in [1.165, 1.54) is 9.21 Å². The predicted molar refractivity (Wildman–Crippen MR) is 77.4 cm³/mol. The van der Waals surface area contributed by atoms with Crippen molar-refractivity contribution in [2.75, 3.05) is 52.6 Å². The Bertz CT molecular complexity index is 469. The third-order valence-corrected chi connectivity index (χ3v) is 5.33. The average Bonchev–Trinajstić information content (AvgIpc) is 2.38. The summed E-state index contributed by atoms with van der Waals surface area (Å²) in [5.74, 6) is -1.14. The molecule has 1 aliphatic rings. The van der Waals surface area contributed by atoms with E-state index in [4.69, 9.17) is 5.11 Å². The lowest BCUT2D eigenvalue weighted by atomic mass is 10.3. The molecule has 1 rings (SSSR count). The van der Waals surface area contributed by atoms with Crippen LogP contribution >= 0.6 is 0 Å². The second kappa shape index (κ2) is 7.71. The lowest BCUT2D eigenvalue weighted by Gasteiger charge is -2.34. The van der Waals surface area contributed by atoms with Crippen molar-refractivity contribution in [3.05, 3.63) is 0 Å². The van der Waals surface area contributed by atoms with Gasteiger partial charge in [-0.3, -0.25) is 14.5 Å². The molecule has 0 atom stereocenters. The number of rotatable bonds is 7. The molecule has 0 saturated carbocycles. The molecule has 0 spiro atoms. The largest absolute Gasteiger partial charge is 0.481 e. The van der Waals surface area contributed by atoms with Crippen molar-refractivity contribution in [2.24, 2.45) is 0 Å². The van der Waals surface area contributed by atoms with Crippen molar-refractivity contribution >= 4 is 21.9 Å². The molecule has 21 heavy (non-hydrogen) atoms. The predicted octanol–water partition coefficient (Wildman–Crippen LogP) is -1.11. The van der Waals surface area contributed by atoms with Crippen LogP contribution in [0.3, 0.4) is 0 Å². The lowest BCUT2D eigenvalue weighted by molar-refractivity contribution is -0.137. The van der Waals surface area contributed by atoms with Gasteiger partial charge in [-0.2, -0.15) is 4.31 Å². The molecule has 1 amide bonds. The molecule has 0 radical (unpaired) electrons. The van der Waals surface area contributed by atoms with E-state index in [1.54, 1.807) is 14.1 Å². The maximum absolute atomic E-state index is 12.0. The quantitative estimate of drug-likeness (QED) is 0.638. The third-order valence-electron chi connectivity index (χ3n) is 3.38. The van der Waals surface area contributed by atoms with Gasteiger partial charge in [0.15, 0.2) is 0 Å². The highest BCUT2D eigenvalue weighted by molar-refractivity contribution is 7.89. The van der Waals surface area contributed by atoms with Crippen molar-refractivity contribution in [3.63, 3.8) is 0 Å². The van der Waals surface area contributed by atoms with E-state index in [0.717, 1.165) is 0 Å². The molecule has 8 nitrogen and oxygen atoms in total. The van der Waals surface area contributed by atoms with Gasteiger partial charge < -0.3 is 10.0 Å². The van der Waals surface area contributed by atoms with Gasteiger partial charge >= 0.3 is 5.97 Å². The van der Waals surface area contributed by atoms with Gasteiger partial charge in [0.05, 0.1) is 12.3 Å². The number of amides is 1. The maximum atomic E-state index is 12.0. The fourth-order valence-electron chi connectivity index (χ4n) is 2.03. The molecular weight excluding hydrogens is 298 g/mol. The number of carboxylic acids is 1. The Morgan fingerprint density at radius 3 is 2.19 bits per heavy atom. The SMILES string of the molecule is CN(C)C(=O)CN1CCN(S(=O)(=O)CCCC(=O)O)CC1. The van der Waals surface area contributed by atoms with Gasteiger partial charge in [0.2, 0.25) is 15.9 Å². The summed E-state index contributed by atoms with van der Waals surface area (Å²) in [6.45, 7) is 2.00. The minimum atomic E-state index is -3.40. The van der Waals surface area contributed by atoms with E-state index in [0.29, 0.717) is 32.7 Å². The highest BCUT2D eigenvalue weighted by Gasteiger charge is 2.27. The molecule has 1 heterocycles. The number of likely N-dealkylation sites (N-methyl/N-ethyl adjacent to an activating group) is 1. The number of carboxylic acid groups (broad SMARTS) is 1. The summed E-state index contributed by atoms with van der Waals surface area (Å²) < 4.78 is 25.5. The summed E-state index contributed by atoms with van der Waals surface area (Å²) >= 11 is 0. The van der Waals surface area contributed by atoms with Gasteiger partial charge in [0.25, 0.3) is 0 Å². The van der Waals surface area contributed by atoms with E-state index in [9.17, 15) is 18.0 Å². The second-order valence-electron chi connectivity index (χ2n) is 5.28. The van der Waals surface area contributed by atoms with Gasteiger partial charge in [-0.15, -0.1) is 0 Å². The number of sulfonamides is 1. The topological polar surface area (TPSA) is 98.2 Å². The molecule has 122 valence electrons. The van der Waals surface area contributed by atoms with Crippen LogP contribution in [-0.4, -0.2) is 92.1 Å². The lowest BCUT2D eigenvalue weighted by Crippen LogP contribution is -2.51. The summed E-state index contributed by atoms with van der Waals surface area (Å²) in [6, 6.07) is 0. The molecule has 1 N–H and O–H groups in total. The van der Waals surface area contributed by atoms with Crippen LogP contribution in [0, 0.1) is 0 Å². The highest BCUT2D eigenvalue weighted by Crippen LogP contribution is 2.10. The van der Waals surface area contributed by atoms with Crippen LogP contribution in [0.5, 0.6) is 0 Å². The number of carbonyl (C=O) groups is 2. The van der Waals surface area contributed by atoms with Crippen molar-refractivity contribution in [3.8, 4) is 0 Å². The summed E-state index contributed by atoms with van der Waals surface area (Å²) in [5.41, 5.74) is 0. The Labute approximate surface area is 125 Å². The van der Waals surface area contributed by atoms with Crippen LogP contribution in [0.15, 0.2) is 0 Å². The van der Waals surface area contributed by atoms with Gasteiger partial charge in [0.1, 0.15) is 0 Å². The Kier molecular flexibility index (Phi) is 6.56. The molecule has 0 unspecified atom stereocenters. The fraction of sp³-hybridized carbons (Fsp3) is 0.833. The molecule has 0 aromatic rings. The molecular formula is C12H23N3O5S. The minimum absolute atomic E-state index is 0.00670. The molecule has 0 aromatic heterocycles. The van der Waals surface area contributed by atoms with E-state index in [1.807, 2.05) is 4.90 Å². The first kappa shape index (κ1) is 17.9. The zero-order valence-corrected chi connectivity index (χ0v) is 13.3. The Morgan fingerprint density at radius 2 is 1.71 bits per heavy atom. The first-order valence-corrected chi connectivity index (χ1v) is 8.45. The van der Waals surface area contributed by atoms with Crippen molar-refractivity contribution in [1.82, 2.24) is 14.1 Å². The summed E-state index contributed by atoms with van der Waals surface area (Å²) in [6.07, 6.45) is -0.0203. The first-order valence-electron chi connectivity index (χ1n) is 6.84. The molecule has 0 aromatic carbocycles. The average molecular weight is 321 g/mol. The third kappa shape index (κ3) is 5.98. The number of carbonyl (C=O) groups excluding carboxylic acids is 1. The van der Waals surface area contributed by atoms with Gasteiger partial charge in [-0.05, 0) is 6.42 Å². The van der Waals surface area contributed by atoms with E-state index >= 15 is 0 Å². The molecule has 1 fully saturated rings. The van der Waals surface area contributed by atoms with Crippen LogP contribution in [0.25, 0.3) is 0 Å². The molecule has 0 aliphatic carbocycles. The van der Waals surface area contributed by atoms with Gasteiger partial charge in [-0.25, -0.2) is 8.42 Å². The van der Waals surface area contributed by atoms with Crippen LogP contribution in [0.4, 0.5) is 0 Å². The molecule has 9 heteroatoms. The van der Waals surface area contributed by atoms with Crippen LogP contribution in [-0.2, 0) is 19.6 Å². The van der Waals surface area contributed by atoms with Gasteiger partial charge in [0, 0.05) is 46.7 Å². The zero-order valence-electron chi connectivity index (χ0n) is 12.5. The standard InChI is InChI=1S/C12H23N3O5S/c1-13(2)11(16)10-14-5-7-15(8-6-14)21(19,20)9-3-4-12(17)18/h3-10H2,1-2H3,(H,17,18). The number of aliphatic carboxylic acids is 1. The van der Waals surface area contributed by atoms with Crippen LogP contribution in [0.2, 0.25) is 0 Å². The second-order valence-corrected chi connectivity index (χ2v) is 7.37. The normalized spacial score (nSPS) is 17.6. The Hall–Kier alpha value is -1.19. The smallest absolute Gasteiger partial charge is 0.303 e. The summed E-state index contributed by atoms with van der Waals surface area (Å²) in [4.78, 5) is 25.4. The number of hydrogen-bond acceptors (Lipinski definition) is 5. The fourth-order valence-corrected chi connectivity index (χ4v) is 3.52. The van der Waals surface area contributed by atoms with Crippen LogP contribution < -0.4 is 0 Å². The maximum Gasteiger partial charge on any atom is 0.303 e. The van der Waals surface area contributed by atoms with E-state index in [-0.39, 0.29) is 24.5 Å². The van der Waals surface area contributed by atoms with Crippen molar-refractivity contribution < 1.29 is 23.1 Å². The van der Waals surface area contributed by atoms with E-state index in [2.05, 4.69) is 0 Å². The Balaban J connectivity index is 2.41. The Morgan fingerprint density at radius 1 is 1.14 bits per heavy atom. The summed E-state index contributed by atoms with van der Waals surface area (Å²) in [5, 5.41) is 8.53. The van der Waals surface area contributed by atoms with Crippen molar-refractivity contribution in [2.45, 2.75) is 12.8 Å². The monoisotopic (exact) mass is 321 g/mol. The molecule has 1 saturated heterocycles. The first-order chi connectivity index (χ1) is 9.72. The zero-order chi connectivity index (χ0) is 16.0. The number of piperazine rings is 1. The minimum Gasteiger partial charge on any atom is -0.481 e. The molecule has 0 bridgehead atoms. The number of hydrogen-bond donors (Lipinski definition) is 1. The van der Waals surface area contributed by atoms with E-state index < -0.39 is 16.0 Å². The highest BCUT2D eigenvalue weighted by atomic mass is 32.2.